The summed E-state index contributed by atoms with van der Waals surface area (Å²) in [7, 11) is 0. The molecule has 0 unspecified atom stereocenters. The van der Waals surface area contributed by atoms with E-state index in [0.29, 0.717) is 5.56 Å². The Morgan fingerprint density at radius 1 is 1.00 bits per heavy atom. The van der Waals surface area contributed by atoms with Crippen molar-refractivity contribution in [3.05, 3.63) is 64.5 Å². The zero-order valence-electron chi connectivity index (χ0n) is 14.9. The van der Waals surface area contributed by atoms with Crippen molar-refractivity contribution in [3.63, 3.8) is 0 Å². The second kappa shape index (κ2) is 6.95. The Hall–Kier alpha value is -2.49. The minimum atomic E-state index is -0.612. The Balaban J connectivity index is 2.01. The van der Waals surface area contributed by atoms with Gasteiger partial charge in [0.05, 0.1) is 12.2 Å². The van der Waals surface area contributed by atoms with Gasteiger partial charge in [-0.25, -0.2) is 0 Å². The van der Waals surface area contributed by atoms with Gasteiger partial charge in [-0.1, -0.05) is 51.1 Å². The highest BCUT2D eigenvalue weighted by atomic mass is 16.2. The summed E-state index contributed by atoms with van der Waals surface area (Å²) in [5.74, 6) is -1.14. The summed E-state index contributed by atoms with van der Waals surface area (Å²) < 4.78 is 0. The maximum atomic E-state index is 12.2. The van der Waals surface area contributed by atoms with Gasteiger partial charge in [-0.3, -0.25) is 14.6 Å². The first-order valence-electron chi connectivity index (χ1n) is 8.04. The number of aryl methyl sites for hydroxylation is 2. The molecular formula is C20H24N2O2. The normalized spacial score (nSPS) is 11.2. The molecule has 0 aliphatic carbocycles. The molecule has 126 valence electrons. The minimum absolute atomic E-state index is 0.0127. The van der Waals surface area contributed by atoms with Crippen LogP contribution < -0.4 is 5.32 Å². The Kier molecular flexibility index (Phi) is 5.17. The summed E-state index contributed by atoms with van der Waals surface area (Å²) in [6.07, 6.45) is 0. The van der Waals surface area contributed by atoms with E-state index in [-0.39, 0.29) is 12.0 Å². The Labute approximate surface area is 143 Å². The van der Waals surface area contributed by atoms with Crippen LogP contribution in [0.2, 0.25) is 0 Å². The van der Waals surface area contributed by atoms with E-state index < -0.39 is 11.7 Å². The molecule has 1 heterocycles. The molecule has 0 fully saturated rings. The molecule has 1 aromatic heterocycles. The van der Waals surface area contributed by atoms with Crippen LogP contribution in [-0.2, 0) is 16.8 Å². The van der Waals surface area contributed by atoms with E-state index >= 15 is 0 Å². The molecule has 0 atom stereocenters. The average molecular weight is 324 g/mol. The van der Waals surface area contributed by atoms with E-state index in [2.05, 4.69) is 31.1 Å². The van der Waals surface area contributed by atoms with Gasteiger partial charge in [0.2, 0.25) is 5.78 Å². The van der Waals surface area contributed by atoms with Crippen LogP contribution in [0.3, 0.4) is 0 Å². The number of nitrogens with one attached hydrogen (secondary N) is 1. The predicted molar refractivity (Wildman–Crippen MR) is 95.0 cm³/mol. The molecule has 0 saturated heterocycles. The van der Waals surface area contributed by atoms with Gasteiger partial charge >= 0.3 is 0 Å². The van der Waals surface area contributed by atoms with Gasteiger partial charge in [0.1, 0.15) is 0 Å². The number of hydrogen-bond donors (Lipinski definition) is 1. The number of hydrogen-bond acceptors (Lipinski definition) is 3. The summed E-state index contributed by atoms with van der Waals surface area (Å²) in [5, 5.41) is 2.64. The summed E-state index contributed by atoms with van der Waals surface area (Å²) in [6.45, 7) is 10.5. The molecule has 0 aliphatic heterocycles. The first-order chi connectivity index (χ1) is 11.2. The van der Waals surface area contributed by atoms with Crippen molar-refractivity contribution in [2.75, 3.05) is 0 Å². The molecule has 0 radical (unpaired) electrons. The van der Waals surface area contributed by atoms with Crippen molar-refractivity contribution < 1.29 is 9.59 Å². The van der Waals surface area contributed by atoms with Crippen LogP contribution in [0.25, 0.3) is 0 Å². The lowest BCUT2D eigenvalue weighted by atomic mass is 9.86. The molecule has 0 spiro atoms. The second-order valence-corrected chi connectivity index (χ2v) is 7.04. The van der Waals surface area contributed by atoms with Crippen molar-refractivity contribution in [1.82, 2.24) is 10.3 Å². The molecule has 24 heavy (non-hydrogen) atoms. The highest BCUT2D eigenvalue weighted by molar-refractivity contribution is 6.42. The van der Waals surface area contributed by atoms with Crippen molar-refractivity contribution >= 4 is 11.7 Å². The van der Waals surface area contributed by atoms with Crippen molar-refractivity contribution in [1.29, 1.82) is 0 Å². The highest BCUT2D eigenvalue weighted by Crippen LogP contribution is 2.22. The number of amides is 1. The predicted octanol–water partition coefficient (Wildman–Crippen LogP) is 3.50. The number of nitrogens with zero attached hydrogens (tertiary/aromatic N) is 1. The van der Waals surface area contributed by atoms with E-state index in [1.807, 2.05) is 38.1 Å². The molecule has 0 bridgehead atoms. The monoisotopic (exact) mass is 324 g/mol. The van der Waals surface area contributed by atoms with Gasteiger partial charge in [0.25, 0.3) is 5.91 Å². The number of pyridine rings is 1. The fourth-order valence-electron chi connectivity index (χ4n) is 2.28. The quantitative estimate of drug-likeness (QED) is 0.692. The van der Waals surface area contributed by atoms with Crippen LogP contribution in [0.5, 0.6) is 0 Å². The number of rotatable bonds is 4. The Morgan fingerprint density at radius 2 is 1.62 bits per heavy atom. The van der Waals surface area contributed by atoms with Gasteiger partial charge < -0.3 is 5.32 Å². The fraction of sp³-hybridized carbons (Fsp3) is 0.350. The first-order valence-corrected chi connectivity index (χ1v) is 8.04. The van der Waals surface area contributed by atoms with Crippen LogP contribution in [-0.4, -0.2) is 16.7 Å². The van der Waals surface area contributed by atoms with Crippen LogP contribution in [0.4, 0.5) is 0 Å². The summed E-state index contributed by atoms with van der Waals surface area (Å²) in [4.78, 5) is 28.7. The van der Waals surface area contributed by atoms with E-state index in [1.165, 1.54) is 0 Å². The lowest BCUT2D eigenvalue weighted by Gasteiger charge is -2.18. The van der Waals surface area contributed by atoms with Gasteiger partial charge in [-0.15, -0.1) is 0 Å². The topological polar surface area (TPSA) is 59.1 Å². The lowest BCUT2D eigenvalue weighted by molar-refractivity contribution is -0.117. The van der Waals surface area contributed by atoms with E-state index in [9.17, 15) is 9.59 Å². The van der Waals surface area contributed by atoms with Crippen LogP contribution in [0.15, 0.2) is 36.4 Å². The highest BCUT2D eigenvalue weighted by Gasteiger charge is 2.18. The van der Waals surface area contributed by atoms with E-state index in [0.717, 1.165) is 22.5 Å². The van der Waals surface area contributed by atoms with Crippen molar-refractivity contribution in [3.8, 4) is 0 Å². The van der Waals surface area contributed by atoms with Crippen LogP contribution >= 0.6 is 0 Å². The molecule has 1 N–H and O–H groups in total. The molecule has 0 aliphatic rings. The number of aromatic nitrogens is 1. The fourth-order valence-corrected chi connectivity index (χ4v) is 2.28. The third kappa shape index (κ3) is 4.28. The molecular weight excluding hydrogens is 300 g/mol. The molecule has 4 nitrogen and oxygen atoms in total. The molecule has 0 saturated carbocycles. The smallest absolute Gasteiger partial charge is 0.292 e. The standard InChI is InChI=1S/C20H24N2O2/c1-13-6-11-17(22-14(13)2)12-21-19(24)18(23)15-7-9-16(10-8-15)20(3,4)5/h6-11H,12H2,1-5H3,(H,21,24). The van der Waals surface area contributed by atoms with Gasteiger partial charge in [0.15, 0.2) is 0 Å². The molecule has 1 amide bonds. The third-order valence-corrected chi connectivity index (χ3v) is 4.06. The van der Waals surface area contributed by atoms with E-state index in [1.54, 1.807) is 12.1 Å². The number of Topliss-reactive ketones (excluding diaryl/α,β-unsaturated/α-hetero) is 1. The second-order valence-electron chi connectivity index (χ2n) is 7.04. The minimum Gasteiger partial charge on any atom is -0.344 e. The summed E-state index contributed by atoms with van der Waals surface area (Å²) >= 11 is 0. The molecule has 1 aromatic carbocycles. The first kappa shape index (κ1) is 17.9. The maximum Gasteiger partial charge on any atom is 0.292 e. The zero-order valence-corrected chi connectivity index (χ0v) is 14.9. The average Bonchev–Trinajstić information content (AvgIpc) is 2.54. The summed E-state index contributed by atoms with van der Waals surface area (Å²) in [5.41, 5.74) is 4.29. The maximum absolute atomic E-state index is 12.2. The number of benzene rings is 1. The van der Waals surface area contributed by atoms with Gasteiger partial charge in [0, 0.05) is 11.3 Å². The van der Waals surface area contributed by atoms with E-state index in [4.69, 9.17) is 0 Å². The largest absolute Gasteiger partial charge is 0.344 e. The number of ketones is 1. The van der Waals surface area contributed by atoms with Gasteiger partial charge in [-0.2, -0.15) is 0 Å². The molecule has 2 aromatic rings. The molecule has 2 rings (SSSR count). The molecule has 4 heteroatoms. The van der Waals surface area contributed by atoms with Crippen molar-refractivity contribution in [2.45, 2.75) is 46.6 Å². The summed E-state index contributed by atoms with van der Waals surface area (Å²) in [6, 6.07) is 11.0. The van der Waals surface area contributed by atoms with Crippen molar-refractivity contribution in [2.24, 2.45) is 0 Å². The SMILES string of the molecule is Cc1ccc(CNC(=O)C(=O)c2ccc(C(C)(C)C)cc2)nc1C. The van der Waals surface area contributed by atoms with Gasteiger partial charge in [-0.05, 0) is 36.5 Å². The Bertz CT molecular complexity index is 756. The Morgan fingerprint density at radius 3 is 2.17 bits per heavy atom. The number of carbonyl (C=O) groups is 2. The van der Waals surface area contributed by atoms with Crippen LogP contribution in [0.1, 0.15) is 53.6 Å². The third-order valence-electron chi connectivity index (χ3n) is 4.06. The zero-order chi connectivity index (χ0) is 17.9. The van der Waals surface area contributed by atoms with Crippen LogP contribution in [0, 0.1) is 13.8 Å². The lowest BCUT2D eigenvalue weighted by Crippen LogP contribution is -2.31. The number of carbonyl (C=O) groups excluding carboxylic acids is 2.